The zero-order valence-electron chi connectivity index (χ0n) is 13.9. The standard InChI is InChI=1S/C20H15NO3S2/c1-24-18-13-15(20(22)23)8-11-17(18)21-26-19-12-10-16(25-19)9-7-14-5-3-2-4-6-14/h2-6,8,10-13,21H,1H3,(H,22,23). The molecule has 0 unspecified atom stereocenters. The van der Waals surface area contributed by atoms with Crippen LogP contribution in [0.1, 0.15) is 20.8 Å². The molecule has 1 aromatic heterocycles. The van der Waals surface area contributed by atoms with Gasteiger partial charge in [0.05, 0.1) is 27.4 Å². The Hall–Kier alpha value is -2.88. The van der Waals surface area contributed by atoms with E-state index >= 15 is 0 Å². The first-order valence-electron chi connectivity index (χ1n) is 7.67. The molecule has 0 saturated carbocycles. The zero-order valence-corrected chi connectivity index (χ0v) is 15.5. The summed E-state index contributed by atoms with van der Waals surface area (Å²) in [7, 11) is 1.51. The molecule has 1 heterocycles. The number of methoxy groups -OCH3 is 1. The van der Waals surface area contributed by atoms with Gasteiger partial charge in [-0.3, -0.25) is 0 Å². The van der Waals surface area contributed by atoms with E-state index < -0.39 is 5.97 Å². The highest BCUT2D eigenvalue weighted by atomic mass is 32.2. The summed E-state index contributed by atoms with van der Waals surface area (Å²) in [6.07, 6.45) is 0. The molecule has 130 valence electrons. The summed E-state index contributed by atoms with van der Waals surface area (Å²) in [4.78, 5) is 12.0. The SMILES string of the molecule is COc1cc(C(=O)O)ccc1NSc1ccc(C#Cc2ccccc2)s1. The lowest BCUT2D eigenvalue weighted by atomic mass is 10.2. The van der Waals surface area contributed by atoms with E-state index in [0.717, 1.165) is 14.6 Å². The maximum atomic E-state index is 11.0. The van der Waals surface area contributed by atoms with Gasteiger partial charge >= 0.3 is 5.97 Å². The minimum absolute atomic E-state index is 0.187. The van der Waals surface area contributed by atoms with E-state index in [-0.39, 0.29) is 5.56 Å². The molecule has 26 heavy (non-hydrogen) atoms. The molecule has 0 radical (unpaired) electrons. The number of anilines is 1. The topological polar surface area (TPSA) is 58.6 Å². The van der Waals surface area contributed by atoms with Crippen molar-refractivity contribution < 1.29 is 14.6 Å². The van der Waals surface area contributed by atoms with Crippen molar-refractivity contribution in [2.75, 3.05) is 11.8 Å². The largest absolute Gasteiger partial charge is 0.495 e. The molecule has 0 fully saturated rings. The second kappa shape index (κ2) is 8.48. The third-order valence-corrected chi connectivity index (χ3v) is 5.35. The molecule has 0 amide bonds. The molecule has 0 atom stereocenters. The van der Waals surface area contributed by atoms with E-state index in [0.29, 0.717) is 11.4 Å². The molecule has 0 spiro atoms. The van der Waals surface area contributed by atoms with Crippen LogP contribution in [-0.2, 0) is 0 Å². The van der Waals surface area contributed by atoms with E-state index in [1.807, 2.05) is 42.5 Å². The van der Waals surface area contributed by atoms with Crippen LogP contribution in [0.25, 0.3) is 0 Å². The number of carboxylic acid groups (broad SMARTS) is 1. The number of hydrogen-bond acceptors (Lipinski definition) is 5. The van der Waals surface area contributed by atoms with Gasteiger partial charge in [0, 0.05) is 5.56 Å². The number of rotatable bonds is 5. The number of ether oxygens (including phenoxy) is 1. The number of benzene rings is 2. The van der Waals surface area contributed by atoms with Gasteiger partial charge in [0.1, 0.15) is 5.75 Å². The predicted molar refractivity (Wildman–Crippen MR) is 106 cm³/mol. The van der Waals surface area contributed by atoms with Gasteiger partial charge in [-0.1, -0.05) is 30.0 Å². The van der Waals surface area contributed by atoms with Crippen molar-refractivity contribution in [2.45, 2.75) is 4.21 Å². The monoisotopic (exact) mass is 381 g/mol. The van der Waals surface area contributed by atoms with Crippen LogP contribution < -0.4 is 9.46 Å². The summed E-state index contributed by atoms with van der Waals surface area (Å²) in [6, 6.07) is 18.6. The van der Waals surface area contributed by atoms with Crippen molar-refractivity contribution >= 4 is 34.9 Å². The zero-order chi connectivity index (χ0) is 18.4. The van der Waals surface area contributed by atoms with E-state index in [1.54, 1.807) is 23.5 Å². The smallest absolute Gasteiger partial charge is 0.335 e. The molecule has 0 aliphatic carbocycles. The molecule has 6 heteroatoms. The fourth-order valence-electron chi connectivity index (χ4n) is 2.11. The average molecular weight is 381 g/mol. The van der Waals surface area contributed by atoms with Gasteiger partial charge in [0.15, 0.2) is 0 Å². The van der Waals surface area contributed by atoms with E-state index in [4.69, 9.17) is 9.84 Å². The Bertz CT molecular complexity index is 971. The molecule has 0 aliphatic rings. The summed E-state index contributed by atoms with van der Waals surface area (Å²) in [5.74, 6) is 5.80. The van der Waals surface area contributed by atoms with Crippen molar-refractivity contribution in [1.82, 2.24) is 0 Å². The van der Waals surface area contributed by atoms with Crippen LogP contribution in [0.2, 0.25) is 0 Å². The number of carbonyl (C=O) groups is 1. The molecule has 3 rings (SSSR count). The molecule has 0 bridgehead atoms. The van der Waals surface area contributed by atoms with Crippen molar-refractivity contribution in [1.29, 1.82) is 0 Å². The Kier molecular flexibility index (Phi) is 5.84. The highest BCUT2D eigenvalue weighted by Gasteiger charge is 2.09. The lowest BCUT2D eigenvalue weighted by molar-refractivity contribution is 0.0696. The molecule has 0 aliphatic heterocycles. The number of nitrogens with one attached hydrogen (secondary N) is 1. The maximum Gasteiger partial charge on any atom is 0.335 e. The fraction of sp³-hybridized carbons (Fsp3) is 0.0500. The second-order valence-corrected chi connectivity index (χ2v) is 7.35. The lowest BCUT2D eigenvalue weighted by Crippen LogP contribution is -1.99. The van der Waals surface area contributed by atoms with Gasteiger partial charge < -0.3 is 14.6 Å². The van der Waals surface area contributed by atoms with Gasteiger partial charge in [0.25, 0.3) is 0 Å². The third-order valence-electron chi connectivity index (χ3n) is 3.40. The number of thiophene rings is 1. The summed E-state index contributed by atoms with van der Waals surface area (Å²) >= 11 is 3.02. The Balaban J connectivity index is 1.67. The van der Waals surface area contributed by atoms with Crippen LogP contribution in [0.5, 0.6) is 5.75 Å². The maximum absolute atomic E-state index is 11.0. The minimum atomic E-state index is -0.984. The summed E-state index contributed by atoms with van der Waals surface area (Å²) < 4.78 is 9.50. The third kappa shape index (κ3) is 4.60. The first kappa shape index (κ1) is 17.9. The quantitative estimate of drug-likeness (QED) is 0.482. The lowest BCUT2D eigenvalue weighted by Gasteiger charge is -2.10. The van der Waals surface area contributed by atoms with Crippen molar-refractivity contribution in [3.8, 4) is 17.6 Å². The van der Waals surface area contributed by atoms with Crippen LogP contribution in [0.4, 0.5) is 5.69 Å². The summed E-state index contributed by atoms with van der Waals surface area (Å²) in [6.45, 7) is 0. The van der Waals surface area contributed by atoms with Gasteiger partial charge in [-0.05, 0) is 54.4 Å². The predicted octanol–water partition coefficient (Wildman–Crippen LogP) is 4.97. The van der Waals surface area contributed by atoms with Crippen molar-refractivity contribution in [3.05, 3.63) is 76.7 Å². The Labute approximate surface area is 160 Å². The number of hydrogen-bond donors (Lipinski definition) is 2. The molecule has 0 saturated heterocycles. The highest BCUT2D eigenvalue weighted by molar-refractivity contribution is 8.02. The van der Waals surface area contributed by atoms with Crippen LogP contribution >= 0.6 is 23.3 Å². The molecule has 2 aromatic carbocycles. The summed E-state index contributed by atoms with van der Waals surface area (Å²) in [5.41, 5.74) is 1.89. The Morgan fingerprint density at radius 3 is 2.65 bits per heavy atom. The van der Waals surface area contributed by atoms with Crippen molar-refractivity contribution in [2.24, 2.45) is 0 Å². The second-order valence-electron chi connectivity index (χ2n) is 5.16. The van der Waals surface area contributed by atoms with Gasteiger partial charge in [-0.15, -0.1) is 11.3 Å². The molecule has 3 aromatic rings. The fourth-order valence-corrected chi connectivity index (χ4v) is 3.78. The van der Waals surface area contributed by atoms with Crippen LogP contribution in [0.15, 0.2) is 64.9 Å². The molecule has 4 nitrogen and oxygen atoms in total. The molecule has 2 N–H and O–H groups in total. The van der Waals surface area contributed by atoms with Gasteiger partial charge in [0.2, 0.25) is 0 Å². The minimum Gasteiger partial charge on any atom is -0.495 e. The normalized spacial score (nSPS) is 9.88. The number of aromatic carboxylic acids is 1. The molecular formula is C20H15NO3S2. The van der Waals surface area contributed by atoms with Gasteiger partial charge in [-0.2, -0.15) is 0 Å². The van der Waals surface area contributed by atoms with E-state index in [1.165, 1.54) is 25.1 Å². The first-order valence-corrected chi connectivity index (χ1v) is 9.30. The average Bonchev–Trinajstić information content (AvgIpc) is 3.13. The van der Waals surface area contributed by atoms with E-state index in [9.17, 15) is 4.79 Å². The molecular weight excluding hydrogens is 366 g/mol. The van der Waals surface area contributed by atoms with Crippen LogP contribution in [0.3, 0.4) is 0 Å². The van der Waals surface area contributed by atoms with Crippen molar-refractivity contribution in [3.63, 3.8) is 0 Å². The summed E-state index contributed by atoms with van der Waals surface area (Å²) in [5, 5.41) is 9.05. The van der Waals surface area contributed by atoms with E-state index in [2.05, 4.69) is 16.6 Å². The first-order chi connectivity index (χ1) is 12.7. The number of carboxylic acids is 1. The highest BCUT2D eigenvalue weighted by Crippen LogP contribution is 2.33. The van der Waals surface area contributed by atoms with Crippen LogP contribution in [0, 0.1) is 11.8 Å². The Morgan fingerprint density at radius 2 is 1.92 bits per heavy atom. The Morgan fingerprint density at radius 1 is 1.12 bits per heavy atom. The van der Waals surface area contributed by atoms with Crippen LogP contribution in [-0.4, -0.2) is 18.2 Å². The van der Waals surface area contributed by atoms with Gasteiger partial charge in [-0.25, -0.2) is 4.79 Å².